The molecule has 6 nitrogen and oxygen atoms in total. The number of aromatic nitrogens is 3. The number of halogens is 1. The van der Waals surface area contributed by atoms with Gasteiger partial charge in [0.15, 0.2) is 0 Å². The van der Waals surface area contributed by atoms with Crippen LogP contribution in [-0.4, -0.2) is 32.3 Å². The van der Waals surface area contributed by atoms with E-state index in [9.17, 15) is 14.3 Å². The van der Waals surface area contributed by atoms with Gasteiger partial charge >= 0.3 is 0 Å². The Hall–Kier alpha value is -3.06. The number of hydrogen-bond acceptors (Lipinski definition) is 4. The number of benzene rings is 2. The quantitative estimate of drug-likeness (QED) is 0.745. The van der Waals surface area contributed by atoms with Gasteiger partial charge in [-0.15, -0.1) is 5.10 Å². The maximum Gasteiger partial charge on any atom is 0.291 e. The molecule has 3 aromatic rings. The lowest BCUT2D eigenvalue weighted by Crippen LogP contribution is -2.39. The molecule has 128 valence electrons. The van der Waals surface area contributed by atoms with Gasteiger partial charge in [-0.05, 0) is 36.8 Å². The number of amides is 1. The number of nitrogens with one attached hydrogen (secondary N) is 1. The Morgan fingerprint density at radius 3 is 2.56 bits per heavy atom. The zero-order valence-electron chi connectivity index (χ0n) is 13.6. The highest BCUT2D eigenvalue weighted by Crippen LogP contribution is 2.20. The zero-order chi connectivity index (χ0) is 17.9. The van der Waals surface area contributed by atoms with Crippen LogP contribution in [0.2, 0.25) is 0 Å². The molecule has 2 N–H and O–H groups in total. The predicted molar refractivity (Wildman–Crippen MR) is 89.7 cm³/mol. The second-order valence-electron chi connectivity index (χ2n) is 5.81. The van der Waals surface area contributed by atoms with Gasteiger partial charge in [0, 0.05) is 0 Å². The molecule has 0 fully saturated rings. The lowest BCUT2D eigenvalue weighted by Gasteiger charge is -2.23. The van der Waals surface area contributed by atoms with Crippen LogP contribution in [0.4, 0.5) is 4.39 Å². The number of rotatable bonds is 5. The van der Waals surface area contributed by atoms with Crippen molar-refractivity contribution in [2.24, 2.45) is 0 Å². The SMILES string of the molecule is CC(O)(CNC(=O)c1ncn(-c2ccccc2)n1)c1ccc(F)cc1. The van der Waals surface area contributed by atoms with Crippen LogP contribution in [0, 0.1) is 5.82 Å². The van der Waals surface area contributed by atoms with E-state index in [1.54, 1.807) is 0 Å². The van der Waals surface area contributed by atoms with Crippen molar-refractivity contribution in [3.63, 3.8) is 0 Å². The average Bonchev–Trinajstić information content (AvgIpc) is 3.11. The summed E-state index contributed by atoms with van der Waals surface area (Å²) in [6.07, 6.45) is 1.45. The fourth-order valence-electron chi connectivity index (χ4n) is 2.31. The maximum absolute atomic E-state index is 13.0. The molecule has 0 bridgehead atoms. The summed E-state index contributed by atoms with van der Waals surface area (Å²) in [6, 6.07) is 14.8. The molecule has 1 aromatic heterocycles. The Morgan fingerprint density at radius 1 is 1.20 bits per heavy atom. The van der Waals surface area contributed by atoms with E-state index in [1.807, 2.05) is 30.3 Å². The third kappa shape index (κ3) is 3.89. The molecule has 25 heavy (non-hydrogen) atoms. The van der Waals surface area contributed by atoms with Crippen LogP contribution in [-0.2, 0) is 5.60 Å². The first-order valence-electron chi connectivity index (χ1n) is 7.69. The lowest BCUT2D eigenvalue weighted by molar-refractivity contribution is 0.0523. The molecular formula is C18H17FN4O2. The van der Waals surface area contributed by atoms with Gasteiger partial charge in [0.1, 0.15) is 17.7 Å². The summed E-state index contributed by atoms with van der Waals surface area (Å²) in [6.45, 7) is 1.48. The fourth-order valence-corrected chi connectivity index (χ4v) is 2.31. The normalized spacial score (nSPS) is 13.2. The Bertz CT molecular complexity index is 860. The van der Waals surface area contributed by atoms with Gasteiger partial charge in [-0.2, -0.15) is 0 Å². The third-order valence-electron chi connectivity index (χ3n) is 3.77. The molecule has 0 saturated heterocycles. The molecule has 1 atom stereocenters. The summed E-state index contributed by atoms with van der Waals surface area (Å²) < 4.78 is 14.5. The number of carbonyl (C=O) groups excluding carboxylic acids is 1. The van der Waals surface area contributed by atoms with Crippen LogP contribution >= 0.6 is 0 Å². The number of nitrogens with zero attached hydrogens (tertiary/aromatic N) is 3. The van der Waals surface area contributed by atoms with E-state index in [2.05, 4.69) is 15.4 Å². The maximum atomic E-state index is 13.0. The summed E-state index contributed by atoms with van der Waals surface area (Å²) in [5.74, 6) is -0.893. The first-order chi connectivity index (χ1) is 12.0. The van der Waals surface area contributed by atoms with Crippen LogP contribution in [0.3, 0.4) is 0 Å². The Balaban J connectivity index is 1.66. The lowest BCUT2D eigenvalue weighted by atomic mass is 9.96. The van der Waals surface area contributed by atoms with Crippen LogP contribution in [0.25, 0.3) is 5.69 Å². The van der Waals surface area contributed by atoms with Crippen molar-refractivity contribution < 1.29 is 14.3 Å². The minimum atomic E-state index is -1.34. The molecule has 2 aromatic carbocycles. The first kappa shape index (κ1) is 16.8. The standard InChI is InChI=1S/C18H17FN4O2/c1-18(25,13-7-9-14(19)10-8-13)11-20-17(24)16-21-12-23(22-16)15-5-3-2-4-6-15/h2-10,12,25H,11H2,1H3,(H,20,24). The molecular weight excluding hydrogens is 323 g/mol. The Labute approximate surface area is 144 Å². The summed E-state index contributed by atoms with van der Waals surface area (Å²) in [5, 5.41) is 17.2. The molecule has 1 heterocycles. The summed E-state index contributed by atoms with van der Waals surface area (Å²) >= 11 is 0. The smallest absolute Gasteiger partial charge is 0.291 e. The van der Waals surface area contributed by atoms with Gasteiger partial charge in [0.2, 0.25) is 5.82 Å². The topological polar surface area (TPSA) is 80.0 Å². The molecule has 0 aliphatic carbocycles. The third-order valence-corrected chi connectivity index (χ3v) is 3.77. The number of para-hydroxylation sites is 1. The molecule has 0 aliphatic rings. The van der Waals surface area contributed by atoms with Crippen molar-refractivity contribution in [2.45, 2.75) is 12.5 Å². The van der Waals surface area contributed by atoms with Gasteiger partial charge in [-0.25, -0.2) is 14.1 Å². The van der Waals surface area contributed by atoms with E-state index >= 15 is 0 Å². The van der Waals surface area contributed by atoms with Gasteiger partial charge in [0.05, 0.1) is 12.2 Å². The van der Waals surface area contributed by atoms with Crippen molar-refractivity contribution in [3.8, 4) is 5.69 Å². The molecule has 1 unspecified atom stereocenters. The van der Waals surface area contributed by atoms with Crippen molar-refractivity contribution in [1.29, 1.82) is 0 Å². The molecule has 7 heteroatoms. The van der Waals surface area contributed by atoms with Gasteiger partial charge in [0.25, 0.3) is 5.91 Å². The minimum absolute atomic E-state index is 0.00115. The van der Waals surface area contributed by atoms with E-state index in [0.717, 1.165) is 5.69 Å². The van der Waals surface area contributed by atoms with E-state index in [-0.39, 0.29) is 18.2 Å². The summed E-state index contributed by atoms with van der Waals surface area (Å²) in [7, 11) is 0. The van der Waals surface area contributed by atoms with Crippen molar-refractivity contribution >= 4 is 5.91 Å². The van der Waals surface area contributed by atoms with Gasteiger partial charge < -0.3 is 10.4 Å². The van der Waals surface area contributed by atoms with Crippen molar-refractivity contribution in [1.82, 2.24) is 20.1 Å². The monoisotopic (exact) mass is 340 g/mol. The van der Waals surface area contributed by atoms with Crippen LogP contribution < -0.4 is 5.32 Å². The van der Waals surface area contributed by atoms with Crippen molar-refractivity contribution in [3.05, 3.63) is 78.1 Å². The molecule has 0 radical (unpaired) electrons. The molecule has 0 aliphatic heterocycles. The Morgan fingerprint density at radius 2 is 1.88 bits per heavy atom. The summed E-state index contributed by atoms with van der Waals surface area (Å²) in [4.78, 5) is 16.2. The largest absolute Gasteiger partial charge is 0.384 e. The second-order valence-corrected chi connectivity index (χ2v) is 5.81. The van der Waals surface area contributed by atoms with Crippen molar-refractivity contribution in [2.75, 3.05) is 6.54 Å². The molecule has 1 amide bonds. The second kappa shape index (κ2) is 6.82. The Kier molecular flexibility index (Phi) is 4.58. The highest BCUT2D eigenvalue weighted by molar-refractivity contribution is 5.90. The predicted octanol–water partition coefficient (Wildman–Crippen LogP) is 2.04. The van der Waals surface area contributed by atoms with Crippen LogP contribution in [0.5, 0.6) is 0 Å². The molecule has 0 saturated carbocycles. The van der Waals surface area contributed by atoms with Crippen LogP contribution in [0.1, 0.15) is 23.1 Å². The molecule has 0 spiro atoms. The highest BCUT2D eigenvalue weighted by Gasteiger charge is 2.25. The van der Waals surface area contributed by atoms with E-state index in [4.69, 9.17) is 0 Å². The highest BCUT2D eigenvalue weighted by atomic mass is 19.1. The average molecular weight is 340 g/mol. The van der Waals surface area contributed by atoms with Gasteiger partial charge in [-0.3, -0.25) is 4.79 Å². The molecule has 3 rings (SSSR count). The van der Waals surface area contributed by atoms with E-state index < -0.39 is 11.5 Å². The van der Waals surface area contributed by atoms with E-state index in [1.165, 1.54) is 42.2 Å². The number of aliphatic hydroxyl groups is 1. The number of carbonyl (C=O) groups is 1. The first-order valence-corrected chi connectivity index (χ1v) is 7.69. The van der Waals surface area contributed by atoms with E-state index in [0.29, 0.717) is 5.56 Å². The summed E-state index contributed by atoms with van der Waals surface area (Å²) in [5.41, 5.74) is -0.0601. The van der Waals surface area contributed by atoms with Gasteiger partial charge in [-0.1, -0.05) is 30.3 Å². The number of hydrogen-bond donors (Lipinski definition) is 2. The van der Waals surface area contributed by atoms with Crippen LogP contribution in [0.15, 0.2) is 60.9 Å². The minimum Gasteiger partial charge on any atom is -0.384 e. The zero-order valence-corrected chi connectivity index (χ0v) is 13.6. The fraction of sp³-hybridized carbons (Fsp3) is 0.167.